The van der Waals surface area contributed by atoms with Crippen molar-refractivity contribution in [1.29, 1.82) is 0 Å². The lowest BCUT2D eigenvalue weighted by atomic mass is 9.62. The molecule has 0 amide bonds. The van der Waals surface area contributed by atoms with Crippen molar-refractivity contribution in [2.75, 3.05) is 0 Å². The molecule has 0 saturated heterocycles. The van der Waals surface area contributed by atoms with Crippen LogP contribution in [0.4, 0.5) is 5.69 Å². The van der Waals surface area contributed by atoms with E-state index in [0.717, 1.165) is 25.7 Å². The van der Waals surface area contributed by atoms with Crippen LogP contribution in [0.2, 0.25) is 5.02 Å². The summed E-state index contributed by atoms with van der Waals surface area (Å²) in [4.78, 5) is 10.6. The number of hydrogen-bond acceptors (Lipinski definition) is 4. The first-order valence-electron chi connectivity index (χ1n) is 6.81. The van der Waals surface area contributed by atoms with Crippen molar-refractivity contribution in [2.24, 2.45) is 5.41 Å². The summed E-state index contributed by atoms with van der Waals surface area (Å²) in [5, 5.41) is 21.5. The molecule has 1 aromatic carbocycles. The van der Waals surface area contributed by atoms with Crippen molar-refractivity contribution in [3.8, 4) is 5.75 Å². The minimum atomic E-state index is -0.470. The van der Waals surface area contributed by atoms with Crippen LogP contribution in [-0.4, -0.2) is 22.2 Å². The fourth-order valence-electron chi connectivity index (χ4n) is 3.47. The Labute approximate surface area is 121 Å². The molecule has 2 saturated carbocycles. The Morgan fingerprint density at radius 2 is 2.10 bits per heavy atom. The molecule has 20 heavy (non-hydrogen) atoms. The Kier molecular flexibility index (Phi) is 3.34. The van der Waals surface area contributed by atoms with E-state index in [1.54, 1.807) is 0 Å². The van der Waals surface area contributed by atoms with Crippen molar-refractivity contribution in [3.63, 3.8) is 0 Å². The van der Waals surface area contributed by atoms with E-state index in [9.17, 15) is 15.2 Å². The molecule has 0 bridgehead atoms. The lowest BCUT2D eigenvalue weighted by molar-refractivity contribution is -0.386. The maximum absolute atomic E-state index is 11.0. The predicted molar refractivity (Wildman–Crippen MR) is 74.0 cm³/mol. The van der Waals surface area contributed by atoms with Crippen LogP contribution in [0.15, 0.2) is 18.2 Å². The van der Waals surface area contributed by atoms with Crippen molar-refractivity contribution < 1.29 is 14.8 Å². The van der Waals surface area contributed by atoms with Gasteiger partial charge in [0, 0.05) is 29.0 Å². The maximum Gasteiger partial charge on any atom is 0.311 e. The number of halogens is 1. The number of aliphatic hydroxyl groups is 1. The van der Waals surface area contributed by atoms with Gasteiger partial charge in [-0.25, -0.2) is 0 Å². The van der Waals surface area contributed by atoms with Crippen molar-refractivity contribution in [3.05, 3.63) is 33.3 Å². The number of nitro benzene ring substituents is 1. The van der Waals surface area contributed by atoms with Crippen LogP contribution >= 0.6 is 11.6 Å². The predicted octanol–water partition coefficient (Wildman–Crippen LogP) is 3.32. The average molecular weight is 298 g/mol. The Hall–Kier alpha value is -1.33. The highest BCUT2D eigenvalue weighted by Crippen LogP contribution is 2.55. The summed E-state index contributed by atoms with van der Waals surface area (Å²) >= 11 is 5.89. The van der Waals surface area contributed by atoms with Gasteiger partial charge in [0.2, 0.25) is 0 Å². The van der Waals surface area contributed by atoms with E-state index in [1.807, 2.05) is 0 Å². The molecular weight excluding hydrogens is 282 g/mol. The number of ether oxygens (including phenoxy) is 1. The van der Waals surface area contributed by atoms with Gasteiger partial charge in [0.1, 0.15) is 6.10 Å². The zero-order valence-electron chi connectivity index (χ0n) is 10.9. The van der Waals surface area contributed by atoms with E-state index in [-0.39, 0.29) is 29.1 Å². The first kappa shape index (κ1) is 13.6. The summed E-state index contributed by atoms with van der Waals surface area (Å²) in [6.45, 7) is 0. The van der Waals surface area contributed by atoms with Crippen molar-refractivity contribution in [2.45, 2.75) is 44.3 Å². The fourth-order valence-corrected chi connectivity index (χ4v) is 3.63. The molecule has 2 fully saturated rings. The highest BCUT2D eigenvalue weighted by Gasteiger charge is 2.57. The molecule has 0 heterocycles. The second-order valence-corrected chi connectivity index (χ2v) is 6.10. The quantitative estimate of drug-likeness (QED) is 0.686. The Morgan fingerprint density at radius 3 is 2.70 bits per heavy atom. The summed E-state index contributed by atoms with van der Waals surface area (Å²) in [6, 6.07) is 4.31. The molecule has 6 heteroatoms. The van der Waals surface area contributed by atoms with E-state index >= 15 is 0 Å². The molecule has 2 unspecified atom stereocenters. The van der Waals surface area contributed by atoms with Gasteiger partial charge in [-0.05, 0) is 18.9 Å². The van der Waals surface area contributed by atoms with Crippen LogP contribution < -0.4 is 4.74 Å². The largest absolute Gasteiger partial charge is 0.483 e. The van der Waals surface area contributed by atoms with E-state index < -0.39 is 4.92 Å². The molecular formula is C14H16ClNO4. The number of nitrogens with zero attached hydrogens (tertiary/aromatic N) is 1. The van der Waals surface area contributed by atoms with Gasteiger partial charge in [-0.1, -0.05) is 24.4 Å². The number of nitro groups is 1. The van der Waals surface area contributed by atoms with E-state index in [0.29, 0.717) is 11.4 Å². The molecule has 1 spiro atoms. The van der Waals surface area contributed by atoms with Gasteiger partial charge in [-0.2, -0.15) is 0 Å². The van der Waals surface area contributed by atoms with Crippen molar-refractivity contribution >= 4 is 17.3 Å². The normalized spacial score (nSPS) is 27.3. The highest BCUT2D eigenvalue weighted by molar-refractivity contribution is 6.30. The van der Waals surface area contributed by atoms with Gasteiger partial charge in [0.15, 0.2) is 5.75 Å². The monoisotopic (exact) mass is 297 g/mol. The fraction of sp³-hybridized carbons (Fsp3) is 0.571. The second kappa shape index (κ2) is 4.90. The summed E-state index contributed by atoms with van der Waals surface area (Å²) < 4.78 is 5.85. The Bertz CT molecular complexity index is 542. The summed E-state index contributed by atoms with van der Waals surface area (Å²) in [7, 11) is 0. The van der Waals surface area contributed by atoms with Gasteiger partial charge in [-0.3, -0.25) is 10.1 Å². The van der Waals surface area contributed by atoms with Crippen LogP contribution in [0.1, 0.15) is 32.1 Å². The van der Waals surface area contributed by atoms with Crippen LogP contribution in [0, 0.1) is 15.5 Å². The minimum absolute atomic E-state index is 0.0797. The van der Waals surface area contributed by atoms with Crippen LogP contribution in [0.3, 0.4) is 0 Å². The Morgan fingerprint density at radius 1 is 1.40 bits per heavy atom. The number of benzene rings is 1. The summed E-state index contributed by atoms with van der Waals surface area (Å²) in [5.41, 5.74) is -0.292. The summed E-state index contributed by atoms with van der Waals surface area (Å²) in [6.07, 6.45) is 4.03. The van der Waals surface area contributed by atoms with E-state index in [2.05, 4.69) is 0 Å². The van der Waals surface area contributed by atoms with Gasteiger partial charge in [0.25, 0.3) is 0 Å². The molecule has 1 N–H and O–H groups in total. The number of rotatable bonds is 3. The molecule has 2 aliphatic carbocycles. The average Bonchev–Trinajstić information content (AvgIpc) is 2.90. The first-order valence-corrected chi connectivity index (χ1v) is 7.19. The number of hydrogen-bond donors (Lipinski definition) is 1. The van der Waals surface area contributed by atoms with Crippen LogP contribution in [-0.2, 0) is 0 Å². The molecule has 108 valence electrons. The van der Waals surface area contributed by atoms with Gasteiger partial charge in [-0.15, -0.1) is 0 Å². The highest BCUT2D eigenvalue weighted by atomic mass is 35.5. The van der Waals surface area contributed by atoms with Crippen molar-refractivity contribution in [1.82, 2.24) is 0 Å². The number of aliphatic hydroxyl groups excluding tert-OH is 1. The Balaban J connectivity index is 1.85. The topological polar surface area (TPSA) is 72.6 Å². The molecule has 5 nitrogen and oxygen atoms in total. The van der Waals surface area contributed by atoms with E-state index in [1.165, 1.54) is 18.2 Å². The molecule has 0 radical (unpaired) electrons. The lowest BCUT2D eigenvalue weighted by Gasteiger charge is -2.50. The molecule has 0 aromatic heterocycles. The molecule has 1 aromatic rings. The molecule has 2 atom stereocenters. The zero-order valence-corrected chi connectivity index (χ0v) is 11.7. The van der Waals surface area contributed by atoms with Crippen LogP contribution in [0.5, 0.6) is 5.75 Å². The maximum atomic E-state index is 11.0. The standard InChI is InChI=1S/C14H16ClNO4/c15-9-3-4-10(16(18)19)11(7-9)20-13-8-12(17)14(13)5-1-2-6-14/h3-4,7,12-13,17H,1-2,5-6,8H2. The molecule has 3 rings (SSSR count). The van der Waals surface area contributed by atoms with Gasteiger partial charge >= 0.3 is 5.69 Å². The second-order valence-electron chi connectivity index (χ2n) is 5.67. The lowest BCUT2D eigenvalue weighted by Crippen LogP contribution is -2.58. The molecule has 0 aliphatic heterocycles. The van der Waals surface area contributed by atoms with Crippen LogP contribution in [0.25, 0.3) is 0 Å². The van der Waals surface area contributed by atoms with E-state index in [4.69, 9.17) is 16.3 Å². The first-order chi connectivity index (χ1) is 9.53. The van der Waals surface area contributed by atoms with Gasteiger partial charge < -0.3 is 9.84 Å². The summed E-state index contributed by atoms with van der Waals surface area (Å²) in [5.74, 6) is 0.200. The smallest absolute Gasteiger partial charge is 0.311 e. The minimum Gasteiger partial charge on any atom is -0.483 e. The van der Waals surface area contributed by atoms with Gasteiger partial charge in [0.05, 0.1) is 11.0 Å². The third-order valence-electron chi connectivity index (χ3n) is 4.66. The molecule has 2 aliphatic rings. The zero-order chi connectivity index (χ0) is 14.3. The third-order valence-corrected chi connectivity index (χ3v) is 4.90. The SMILES string of the molecule is O=[N+]([O-])c1ccc(Cl)cc1OC1CC(O)C12CCCC2. The third kappa shape index (κ3) is 2.05.